The fraction of sp³-hybridized carbons (Fsp3) is 0.150. The van der Waals surface area contributed by atoms with E-state index in [0.29, 0.717) is 4.86 Å². The van der Waals surface area contributed by atoms with Crippen molar-refractivity contribution in [2.24, 2.45) is 0 Å². The maximum Gasteiger partial charge on any atom is 0.218 e. The van der Waals surface area contributed by atoms with E-state index in [1.165, 1.54) is 0 Å². The topological polar surface area (TPSA) is 52.6 Å². The van der Waals surface area contributed by atoms with Crippen LogP contribution in [0.1, 0.15) is 0 Å². The number of hydrogen-bond donors (Lipinski definition) is 0. The van der Waals surface area contributed by atoms with Crippen LogP contribution in [0.4, 0.5) is 0 Å². The van der Waals surface area contributed by atoms with Gasteiger partial charge in [0.2, 0.25) is 10.3 Å². The Morgan fingerprint density at radius 1 is 0.846 bits per heavy atom. The van der Waals surface area contributed by atoms with Crippen LogP contribution < -0.4 is 20.1 Å². The van der Waals surface area contributed by atoms with Gasteiger partial charge in [0.15, 0.2) is 0 Å². The number of ether oxygens (including phenoxy) is 2. The lowest BCUT2D eigenvalue weighted by Gasteiger charge is -2.29. The van der Waals surface area contributed by atoms with Gasteiger partial charge in [0.25, 0.3) is 0 Å². The molecule has 3 rings (SSSR count). The SMILES string of the molecule is COc1ccccc1P(c1ccccc1OC)C1C=CC=CC1=S(=O)=O. The monoisotopic (exact) mass is 386 g/mol. The van der Waals surface area contributed by atoms with Crippen molar-refractivity contribution in [3.05, 3.63) is 72.8 Å². The van der Waals surface area contributed by atoms with Gasteiger partial charge in [0, 0.05) is 16.3 Å². The fourth-order valence-corrected chi connectivity index (χ4v) is 6.78. The van der Waals surface area contributed by atoms with E-state index in [-0.39, 0.29) is 5.66 Å². The number of hydrogen-bond acceptors (Lipinski definition) is 4. The van der Waals surface area contributed by atoms with Crippen molar-refractivity contribution in [3.8, 4) is 11.5 Å². The van der Waals surface area contributed by atoms with Gasteiger partial charge in [-0.2, -0.15) is 8.42 Å². The summed E-state index contributed by atoms with van der Waals surface area (Å²) in [5, 5.41) is 1.95. The minimum atomic E-state index is -2.30. The third-order valence-corrected chi connectivity index (χ3v) is 7.85. The summed E-state index contributed by atoms with van der Waals surface area (Å²) < 4.78 is 34.9. The van der Waals surface area contributed by atoms with Crippen LogP contribution >= 0.6 is 7.92 Å². The average molecular weight is 386 g/mol. The second-order valence-corrected chi connectivity index (χ2v) is 8.74. The van der Waals surface area contributed by atoms with Crippen LogP contribution in [-0.2, 0) is 10.3 Å². The van der Waals surface area contributed by atoms with Crippen LogP contribution in [0.15, 0.2) is 72.8 Å². The Morgan fingerprint density at radius 3 is 1.88 bits per heavy atom. The molecule has 0 radical (unpaired) electrons. The summed E-state index contributed by atoms with van der Waals surface area (Å²) in [5.74, 6) is 1.48. The average Bonchev–Trinajstić information content (AvgIpc) is 2.69. The molecule has 0 spiro atoms. The van der Waals surface area contributed by atoms with Gasteiger partial charge < -0.3 is 9.47 Å². The van der Waals surface area contributed by atoms with Crippen molar-refractivity contribution in [1.29, 1.82) is 0 Å². The molecule has 0 heterocycles. The molecule has 6 heteroatoms. The molecular weight excluding hydrogens is 367 g/mol. The first-order valence-corrected chi connectivity index (χ1v) is 10.5. The van der Waals surface area contributed by atoms with Gasteiger partial charge in [-0.3, -0.25) is 0 Å². The molecule has 0 saturated heterocycles. The number of methoxy groups -OCH3 is 2. The molecule has 4 nitrogen and oxygen atoms in total. The maximum absolute atomic E-state index is 11.9. The predicted octanol–water partition coefficient (Wildman–Crippen LogP) is 2.68. The number of allylic oxidation sites excluding steroid dienone is 4. The van der Waals surface area contributed by atoms with Gasteiger partial charge in [-0.05, 0) is 26.1 Å². The molecule has 1 aliphatic carbocycles. The molecular formula is C20H19O4PS. The molecule has 0 fully saturated rings. The molecule has 0 aromatic heterocycles. The molecule has 0 aliphatic heterocycles. The largest absolute Gasteiger partial charge is 0.496 e. The molecule has 1 aliphatic rings. The molecule has 2 aromatic carbocycles. The molecule has 0 amide bonds. The Hall–Kier alpha value is -2.36. The van der Waals surface area contributed by atoms with E-state index in [2.05, 4.69) is 0 Å². The first-order valence-electron chi connectivity index (χ1n) is 8.03. The summed E-state index contributed by atoms with van der Waals surface area (Å²) in [6.45, 7) is 0. The van der Waals surface area contributed by atoms with E-state index in [0.717, 1.165) is 22.1 Å². The second kappa shape index (κ2) is 8.35. The zero-order valence-electron chi connectivity index (χ0n) is 14.5. The lowest BCUT2D eigenvalue weighted by atomic mass is 10.2. The van der Waals surface area contributed by atoms with E-state index in [1.807, 2.05) is 60.7 Å². The zero-order chi connectivity index (χ0) is 18.5. The first kappa shape index (κ1) is 18.4. The highest BCUT2D eigenvalue weighted by Crippen LogP contribution is 2.46. The van der Waals surface area contributed by atoms with Gasteiger partial charge in [0.05, 0.1) is 19.1 Å². The van der Waals surface area contributed by atoms with E-state index in [1.54, 1.807) is 26.4 Å². The predicted molar refractivity (Wildman–Crippen MR) is 108 cm³/mol. The summed E-state index contributed by atoms with van der Waals surface area (Å²) in [7, 11) is -0.163. The summed E-state index contributed by atoms with van der Waals surface area (Å²) in [6.07, 6.45) is 7.24. The summed E-state index contributed by atoms with van der Waals surface area (Å²) in [5.41, 5.74) is -0.291. The van der Waals surface area contributed by atoms with Crippen molar-refractivity contribution in [1.82, 2.24) is 0 Å². The Labute approximate surface area is 156 Å². The number of rotatable bonds is 5. The normalized spacial score (nSPS) is 16.0. The molecule has 0 N–H and O–H groups in total. The molecule has 1 atom stereocenters. The van der Waals surface area contributed by atoms with Gasteiger partial charge in [0.1, 0.15) is 11.5 Å². The van der Waals surface area contributed by atoms with E-state index >= 15 is 0 Å². The van der Waals surface area contributed by atoms with Crippen LogP contribution in [0.25, 0.3) is 0 Å². The van der Waals surface area contributed by atoms with Gasteiger partial charge >= 0.3 is 0 Å². The van der Waals surface area contributed by atoms with Gasteiger partial charge in [-0.25, -0.2) is 0 Å². The summed E-state index contributed by atoms with van der Waals surface area (Å²) in [6, 6.07) is 15.5. The highest BCUT2D eigenvalue weighted by molar-refractivity contribution is 7.79. The van der Waals surface area contributed by atoms with Crippen LogP contribution in [0.3, 0.4) is 0 Å². The number of para-hydroxylation sites is 2. The maximum atomic E-state index is 11.9. The quantitative estimate of drug-likeness (QED) is 0.586. The van der Waals surface area contributed by atoms with Crippen LogP contribution in [0.2, 0.25) is 0 Å². The lowest BCUT2D eigenvalue weighted by Crippen LogP contribution is -2.29. The van der Waals surface area contributed by atoms with E-state index in [4.69, 9.17) is 9.47 Å². The first-order chi connectivity index (χ1) is 12.7. The van der Waals surface area contributed by atoms with Crippen LogP contribution in [0.5, 0.6) is 11.5 Å². The van der Waals surface area contributed by atoms with Crippen LogP contribution in [0, 0.1) is 0 Å². The van der Waals surface area contributed by atoms with Gasteiger partial charge in [-0.15, -0.1) is 0 Å². The van der Waals surface area contributed by atoms with Crippen molar-refractivity contribution >= 4 is 33.7 Å². The van der Waals surface area contributed by atoms with Crippen LogP contribution in [-0.4, -0.2) is 33.2 Å². The Kier molecular flexibility index (Phi) is 5.92. The molecule has 26 heavy (non-hydrogen) atoms. The molecule has 0 saturated carbocycles. The smallest absolute Gasteiger partial charge is 0.218 e. The minimum absolute atomic E-state index is 0.291. The van der Waals surface area contributed by atoms with Gasteiger partial charge in [-0.1, -0.05) is 54.6 Å². The van der Waals surface area contributed by atoms with Crippen molar-refractivity contribution < 1.29 is 17.9 Å². The Morgan fingerprint density at radius 2 is 1.38 bits per heavy atom. The lowest BCUT2D eigenvalue weighted by molar-refractivity contribution is 0.417. The molecule has 0 bridgehead atoms. The molecule has 1 unspecified atom stereocenters. The number of benzene rings is 2. The third-order valence-electron chi connectivity index (χ3n) is 4.12. The Bertz CT molecular complexity index is 937. The summed E-state index contributed by atoms with van der Waals surface area (Å²) in [4.78, 5) is 0.371. The minimum Gasteiger partial charge on any atom is -0.496 e. The fourth-order valence-electron chi connectivity index (χ4n) is 2.97. The second-order valence-electron chi connectivity index (χ2n) is 5.54. The van der Waals surface area contributed by atoms with Crippen molar-refractivity contribution in [2.45, 2.75) is 5.66 Å². The zero-order valence-corrected chi connectivity index (χ0v) is 16.2. The van der Waals surface area contributed by atoms with Crippen molar-refractivity contribution in [2.75, 3.05) is 14.2 Å². The summed E-state index contributed by atoms with van der Waals surface area (Å²) >= 11 is 0. The Balaban J connectivity index is 2.28. The van der Waals surface area contributed by atoms with Crippen molar-refractivity contribution in [3.63, 3.8) is 0 Å². The van der Waals surface area contributed by atoms with E-state index < -0.39 is 18.2 Å². The third kappa shape index (κ3) is 3.59. The van der Waals surface area contributed by atoms with E-state index in [9.17, 15) is 8.42 Å². The molecule has 2 aromatic rings. The molecule has 134 valence electrons. The standard InChI is InChI=1S/C20H19O4PS/c1-23-15-9-3-5-11-17(15)25(18-12-6-4-10-16(18)24-2)19-13-7-8-14-20(19)26(21)22/h3-14,19H,1-2H3. The highest BCUT2D eigenvalue weighted by atomic mass is 32.2. The highest BCUT2D eigenvalue weighted by Gasteiger charge is 2.31.